The van der Waals surface area contributed by atoms with E-state index in [-0.39, 0.29) is 17.5 Å². The van der Waals surface area contributed by atoms with Crippen LogP contribution in [-0.2, 0) is 16.4 Å². The summed E-state index contributed by atoms with van der Waals surface area (Å²) in [6.07, 6.45) is 0.684. The average Bonchev–Trinajstić information content (AvgIpc) is 2.73. The molecule has 96 valence electrons. The van der Waals surface area contributed by atoms with Gasteiger partial charge in [0.2, 0.25) is 0 Å². The molecule has 0 aliphatic carbocycles. The molecule has 1 saturated heterocycles. The van der Waals surface area contributed by atoms with Crippen LogP contribution in [0.25, 0.3) is 0 Å². The molecule has 17 heavy (non-hydrogen) atoms. The highest BCUT2D eigenvalue weighted by Crippen LogP contribution is 2.26. The maximum atomic E-state index is 11.5. The molecule has 1 aromatic rings. The number of nitrogens with zero attached hydrogens (tertiary/aromatic N) is 2. The van der Waals surface area contributed by atoms with Crippen molar-refractivity contribution >= 4 is 9.84 Å². The minimum absolute atomic E-state index is 0.0179. The van der Waals surface area contributed by atoms with Crippen LogP contribution in [0.2, 0.25) is 0 Å². The van der Waals surface area contributed by atoms with Gasteiger partial charge in [0.05, 0.1) is 23.2 Å². The van der Waals surface area contributed by atoms with E-state index in [4.69, 9.17) is 0 Å². The number of rotatable bonds is 3. The number of aromatic nitrogens is 2. The fourth-order valence-corrected chi connectivity index (χ4v) is 4.15. The Labute approximate surface area is 102 Å². The van der Waals surface area contributed by atoms with E-state index in [2.05, 4.69) is 10.4 Å². The lowest BCUT2D eigenvalue weighted by Gasteiger charge is -2.11. The van der Waals surface area contributed by atoms with Crippen molar-refractivity contribution in [1.29, 1.82) is 0 Å². The van der Waals surface area contributed by atoms with Crippen LogP contribution in [0.4, 0.5) is 0 Å². The molecule has 2 heterocycles. The lowest BCUT2D eigenvalue weighted by Crippen LogP contribution is -2.14. The number of hydrogen-bond acceptors (Lipinski definition) is 4. The minimum atomic E-state index is -2.85. The molecular weight excluding hydrogens is 238 g/mol. The van der Waals surface area contributed by atoms with Gasteiger partial charge >= 0.3 is 0 Å². The standard InChI is InChI=1S/C11H19N3O2S/c1-8-11(6-12-3)9(2)14(13-8)10-4-5-17(15,16)7-10/h10,12H,4-7H2,1-3H3/t10-/m0/s1. The molecule has 5 nitrogen and oxygen atoms in total. The Kier molecular flexibility index (Phi) is 3.27. The van der Waals surface area contributed by atoms with E-state index in [0.29, 0.717) is 6.42 Å². The number of aryl methyl sites for hydroxylation is 1. The van der Waals surface area contributed by atoms with Crippen LogP contribution >= 0.6 is 0 Å². The first-order valence-electron chi connectivity index (χ1n) is 5.84. The van der Waals surface area contributed by atoms with Gasteiger partial charge in [0.15, 0.2) is 9.84 Å². The van der Waals surface area contributed by atoms with Crippen molar-refractivity contribution in [1.82, 2.24) is 15.1 Å². The average molecular weight is 257 g/mol. The van der Waals surface area contributed by atoms with E-state index in [1.807, 2.05) is 25.6 Å². The van der Waals surface area contributed by atoms with Gasteiger partial charge < -0.3 is 5.32 Å². The number of hydrogen-bond donors (Lipinski definition) is 1. The van der Waals surface area contributed by atoms with Crippen molar-refractivity contribution in [2.45, 2.75) is 32.9 Å². The number of sulfone groups is 1. The van der Waals surface area contributed by atoms with Gasteiger partial charge in [0.25, 0.3) is 0 Å². The summed E-state index contributed by atoms with van der Waals surface area (Å²) in [5.41, 5.74) is 3.25. The van der Waals surface area contributed by atoms with Gasteiger partial charge in [-0.15, -0.1) is 0 Å². The van der Waals surface area contributed by atoms with Crippen LogP contribution in [0.15, 0.2) is 0 Å². The summed E-state index contributed by atoms with van der Waals surface area (Å²) < 4.78 is 24.9. The summed E-state index contributed by atoms with van der Waals surface area (Å²) in [4.78, 5) is 0. The second-order valence-electron chi connectivity index (χ2n) is 4.68. The Morgan fingerprint density at radius 2 is 2.18 bits per heavy atom. The molecule has 1 aliphatic rings. The molecule has 0 saturated carbocycles. The number of nitrogens with one attached hydrogen (secondary N) is 1. The highest BCUT2D eigenvalue weighted by atomic mass is 32.2. The lowest BCUT2D eigenvalue weighted by atomic mass is 10.2. The fraction of sp³-hybridized carbons (Fsp3) is 0.727. The summed E-state index contributed by atoms with van der Waals surface area (Å²) in [6, 6.07) is 0.0179. The molecule has 6 heteroatoms. The molecule has 0 radical (unpaired) electrons. The van der Waals surface area contributed by atoms with E-state index in [9.17, 15) is 8.42 Å². The molecule has 0 unspecified atom stereocenters. The molecular formula is C11H19N3O2S. The van der Waals surface area contributed by atoms with Crippen molar-refractivity contribution in [3.8, 4) is 0 Å². The predicted molar refractivity (Wildman–Crippen MR) is 66.8 cm³/mol. The first kappa shape index (κ1) is 12.6. The van der Waals surface area contributed by atoms with Crippen molar-refractivity contribution in [2.75, 3.05) is 18.6 Å². The van der Waals surface area contributed by atoms with Gasteiger partial charge in [0, 0.05) is 17.8 Å². The Hall–Kier alpha value is -0.880. The molecule has 1 N–H and O–H groups in total. The highest BCUT2D eigenvalue weighted by molar-refractivity contribution is 7.91. The Morgan fingerprint density at radius 1 is 1.47 bits per heavy atom. The maximum absolute atomic E-state index is 11.5. The Balaban J connectivity index is 2.31. The SMILES string of the molecule is CNCc1c(C)nn([C@H]2CCS(=O)(=O)C2)c1C. The van der Waals surface area contributed by atoms with Crippen molar-refractivity contribution in [3.05, 3.63) is 17.0 Å². The Morgan fingerprint density at radius 3 is 2.71 bits per heavy atom. The van der Waals surface area contributed by atoms with Crippen molar-refractivity contribution < 1.29 is 8.42 Å². The van der Waals surface area contributed by atoms with Gasteiger partial charge in [-0.1, -0.05) is 0 Å². The monoisotopic (exact) mass is 257 g/mol. The summed E-state index contributed by atoms with van der Waals surface area (Å²) in [7, 11) is -0.954. The van der Waals surface area contributed by atoms with Crippen LogP contribution in [0.5, 0.6) is 0 Å². The van der Waals surface area contributed by atoms with Crippen LogP contribution in [-0.4, -0.2) is 36.8 Å². The van der Waals surface area contributed by atoms with E-state index in [0.717, 1.165) is 17.9 Å². The quantitative estimate of drug-likeness (QED) is 0.860. The molecule has 1 atom stereocenters. The zero-order chi connectivity index (χ0) is 12.6. The second kappa shape index (κ2) is 4.42. The lowest BCUT2D eigenvalue weighted by molar-refractivity contribution is 0.485. The summed E-state index contributed by atoms with van der Waals surface area (Å²) in [5, 5.41) is 7.60. The van der Waals surface area contributed by atoms with Crippen molar-refractivity contribution in [3.63, 3.8) is 0 Å². The first-order valence-corrected chi connectivity index (χ1v) is 7.66. The summed E-state index contributed by atoms with van der Waals surface area (Å²) in [6.45, 7) is 4.76. The summed E-state index contributed by atoms with van der Waals surface area (Å²) in [5.74, 6) is 0.519. The van der Waals surface area contributed by atoms with Crippen molar-refractivity contribution in [2.24, 2.45) is 0 Å². The van der Waals surface area contributed by atoms with Gasteiger partial charge in [-0.25, -0.2) is 8.42 Å². The Bertz CT molecular complexity index is 519. The van der Waals surface area contributed by atoms with Gasteiger partial charge in [-0.3, -0.25) is 4.68 Å². The van der Waals surface area contributed by atoms with Gasteiger partial charge in [-0.2, -0.15) is 5.10 Å². The van der Waals surface area contributed by atoms with Crippen LogP contribution in [0.1, 0.15) is 29.4 Å². The molecule has 0 aromatic carbocycles. The fourth-order valence-electron chi connectivity index (χ4n) is 2.45. The highest BCUT2D eigenvalue weighted by Gasteiger charge is 2.31. The zero-order valence-corrected chi connectivity index (χ0v) is 11.3. The van der Waals surface area contributed by atoms with E-state index in [1.165, 1.54) is 5.56 Å². The largest absolute Gasteiger partial charge is 0.316 e. The van der Waals surface area contributed by atoms with Crippen LogP contribution in [0, 0.1) is 13.8 Å². The molecule has 1 aromatic heterocycles. The van der Waals surface area contributed by atoms with E-state index in [1.54, 1.807) is 0 Å². The summed E-state index contributed by atoms with van der Waals surface area (Å²) >= 11 is 0. The van der Waals surface area contributed by atoms with Crippen LogP contribution < -0.4 is 5.32 Å². The molecule has 0 amide bonds. The molecule has 0 spiro atoms. The van der Waals surface area contributed by atoms with E-state index >= 15 is 0 Å². The molecule has 1 aliphatic heterocycles. The third kappa shape index (κ3) is 2.37. The minimum Gasteiger partial charge on any atom is -0.316 e. The first-order chi connectivity index (χ1) is 7.94. The molecule has 0 bridgehead atoms. The second-order valence-corrected chi connectivity index (χ2v) is 6.91. The van der Waals surface area contributed by atoms with Crippen LogP contribution in [0.3, 0.4) is 0 Å². The molecule has 2 rings (SSSR count). The third-order valence-electron chi connectivity index (χ3n) is 3.38. The zero-order valence-electron chi connectivity index (χ0n) is 10.5. The van der Waals surface area contributed by atoms with Gasteiger partial charge in [0.1, 0.15) is 0 Å². The predicted octanol–water partition coefficient (Wildman–Crippen LogP) is 0.579. The smallest absolute Gasteiger partial charge is 0.152 e. The topological polar surface area (TPSA) is 64.0 Å². The molecule has 1 fully saturated rings. The third-order valence-corrected chi connectivity index (χ3v) is 5.13. The maximum Gasteiger partial charge on any atom is 0.152 e. The normalized spacial score (nSPS) is 23.1. The van der Waals surface area contributed by atoms with Gasteiger partial charge in [-0.05, 0) is 27.3 Å². The van der Waals surface area contributed by atoms with E-state index < -0.39 is 9.84 Å².